The molecule has 1 atom stereocenters. The molecule has 0 saturated carbocycles. The molecule has 1 unspecified atom stereocenters. The minimum absolute atomic E-state index is 0.00689. The van der Waals surface area contributed by atoms with Crippen LogP contribution in [0, 0.1) is 0 Å². The average Bonchev–Trinajstić information content (AvgIpc) is 2.90. The molecule has 6 heteroatoms. The molecule has 2 heterocycles. The summed E-state index contributed by atoms with van der Waals surface area (Å²) in [5, 5.41) is 12.7. The summed E-state index contributed by atoms with van der Waals surface area (Å²) in [6.45, 7) is 3.33. The van der Waals surface area contributed by atoms with Crippen LogP contribution in [-0.4, -0.2) is 47.1 Å². The Balaban J connectivity index is 1.73. The van der Waals surface area contributed by atoms with Crippen molar-refractivity contribution >= 4 is 11.8 Å². The van der Waals surface area contributed by atoms with E-state index < -0.39 is 5.60 Å². The van der Waals surface area contributed by atoms with E-state index in [-0.39, 0.29) is 30.5 Å². The van der Waals surface area contributed by atoms with Crippen molar-refractivity contribution in [2.45, 2.75) is 38.2 Å². The van der Waals surface area contributed by atoms with Gasteiger partial charge in [0.15, 0.2) is 5.76 Å². The number of amides is 2. The predicted octanol–water partition coefficient (Wildman–Crippen LogP) is 1.16. The highest BCUT2D eigenvalue weighted by Crippen LogP contribution is 2.21. The van der Waals surface area contributed by atoms with Crippen LogP contribution < -0.4 is 5.32 Å². The summed E-state index contributed by atoms with van der Waals surface area (Å²) in [5.74, 6) is -0.0627. The molecule has 2 N–H and O–H groups in total. The normalized spacial score (nSPS) is 22.7. The Morgan fingerprint density at radius 2 is 2.24 bits per heavy atom. The third-order valence-corrected chi connectivity index (χ3v) is 3.79. The van der Waals surface area contributed by atoms with E-state index in [1.54, 1.807) is 17.0 Å². The summed E-state index contributed by atoms with van der Waals surface area (Å²) in [6.07, 6.45) is 3.80. The van der Waals surface area contributed by atoms with Crippen molar-refractivity contribution in [2.75, 3.05) is 19.6 Å². The molecule has 2 rings (SSSR count). The lowest BCUT2D eigenvalue weighted by Gasteiger charge is -2.22. The predicted molar refractivity (Wildman–Crippen MR) is 76.7 cm³/mol. The molecule has 0 bridgehead atoms. The quantitative estimate of drug-likeness (QED) is 0.873. The summed E-state index contributed by atoms with van der Waals surface area (Å²) in [6, 6.07) is 3.22. The number of carbonyl (C=O) groups excluding carboxylic acids is 2. The summed E-state index contributed by atoms with van der Waals surface area (Å²) >= 11 is 0. The minimum atomic E-state index is -0.678. The van der Waals surface area contributed by atoms with Gasteiger partial charge in [0, 0.05) is 26.1 Å². The number of carbonyl (C=O) groups is 2. The van der Waals surface area contributed by atoms with Crippen LogP contribution in [0.2, 0.25) is 0 Å². The molecule has 1 aromatic rings. The van der Waals surface area contributed by atoms with Gasteiger partial charge in [-0.15, -0.1) is 0 Å². The highest BCUT2D eigenvalue weighted by Gasteiger charge is 2.26. The lowest BCUT2D eigenvalue weighted by Crippen LogP contribution is -2.36. The van der Waals surface area contributed by atoms with E-state index in [0.29, 0.717) is 25.9 Å². The van der Waals surface area contributed by atoms with Crippen molar-refractivity contribution in [3.63, 3.8) is 0 Å². The fourth-order valence-corrected chi connectivity index (χ4v) is 2.45. The van der Waals surface area contributed by atoms with Crippen molar-refractivity contribution in [3.05, 3.63) is 24.2 Å². The van der Waals surface area contributed by atoms with E-state index in [0.717, 1.165) is 6.42 Å². The van der Waals surface area contributed by atoms with Gasteiger partial charge in [0.2, 0.25) is 5.91 Å². The molecule has 1 fully saturated rings. The fourth-order valence-electron chi connectivity index (χ4n) is 2.45. The van der Waals surface area contributed by atoms with Gasteiger partial charge < -0.3 is 19.7 Å². The second-order valence-corrected chi connectivity index (χ2v) is 5.71. The summed E-state index contributed by atoms with van der Waals surface area (Å²) < 4.78 is 4.97. The largest absolute Gasteiger partial charge is 0.459 e. The molecule has 1 aromatic heterocycles. The maximum atomic E-state index is 12.1. The number of hydrogen-bond acceptors (Lipinski definition) is 4. The standard InChI is InChI=1S/C15H22N2O4/c1-15(20)6-3-9-17(10-7-15)13(18)5-8-16-14(19)12-4-2-11-21-12/h2,4,11,20H,3,5-10H2,1H3,(H,16,19). The molecule has 0 aromatic carbocycles. The molecule has 1 aliphatic heterocycles. The smallest absolute Gasteiger partial charge is 0.286 e. The molecule has 116 valence electrons. The number of rotatable bonds is 4. The zero-order valence-electron chi connectivity index (χ0n) is 12.3. The molecular weight excluding hydrogens is 272 g/mol. The Bertz CT molecular complexity index is 482. The fraction of sp³-hybridized carbons (Fsp3) is 0.600. The van der Waals surface area contributed by atoms with Crippen LogP contribution in [0.1, 0.15) is 43.2 Å². The van der Waals surface area contributed by atoms with Gasteiger partial charge >= 0.3 is 0 Å². The summed E-state index contributed by atoms with van der Waals surface area (Å²) in [7, 11) is 0. The van der Waals surface area contributed by atoms with E-state index in [9.17, 15) is 14.7 Å². The zero-order chi connectivity index (χ0) is 15.3. The van der Waals surface area contributed by atoms with Crippen LogP contribution >= 0.6 is 0 Å². The van der Waals surface area contributed by atoms with Gasteiger partial charge in [-0.3, -0.25) is 9.59 Å². The number of hydrogen-bond donors (Lipinski definition) is 2. The first-order valence-corrected chi connectivity index (χ1v) is 7.30. The highest BCUT2D eigenvalue weighted by molar-refractivity contribution is 5.91. The Morgan fingerprint density at radius 3 is 2.95 bits per heavy atom. The van der Waals surface area contributed by atoms with E-state index in [2.05, 4.69) is 5.32 Å². The first kappa shape index (κ1) is 15.6. The molecule has 0 radical (unpaired) electrons. The molecule has 2 amide bonds. The number of furan rings is 1. The van der Waals surface area contributed by atoms with E-state index in [4.69, 9.17) is 4.42 Å². The second kappa shape index (κ2) is 6.76. The number of nitrogens with zero attached hydrogens (tertiary/aromatic N) is 1. The average molecular weight is 294 g/mol. The van der Waals surface area contributed by atoms with Crippen molar-refractivity contribution in [3.8, 4) is 0 Å². The van der Waals surface area contributed by atoms with Gasteiger partial charge in [-0.05, 0) is 38.3 Å². The van der Waals surface area contributed by atoms with E-state index >= 15 is 0 Å². The van der Waals surface area contributed by atoms with Crippen molar-refractivity contribution in [1.82, 2.24) is 10.2 Å². The Labute approximate surface area is 124 Å². The second-order valence-electron chi connectivity index (χ2n) is 5.71. The van der Waals surface area contributed by atoms with Crippen LogP contribution in [0.3, 0.4) is 0 Å². The molecule has 1 saturated heterocycles. The third kappa shape index (κ3) is 4.60. The lowest BCUT2D eigenvalue weighted by molar-refractivity contribution is -0.131. The molecular formula is C15H22N2O4. The third-order valence-electron chi connectivity index (χ3n) is 3.79. The monoisotopic (exact) mass is 294 g/mol. The van der Waals surface area contributed by atoms with Crippen molar-refractivity contribution in [1.29, 1.82) is 0 Å². The molecule has 0 spiro atoms. The maximum absolute atomic E-state index is 12.1. The molecule has 21 heavy (non-hydrogen) atoms. The minimum Gasteiger partial charge on any atom is -0.459 e. The van der Waals surface area contributed by atoms with Crippen LogP contribution in [0.25, 0.3) is 0 Å². The van der Waals surface area contributed by atoms with Crippen molar-refractivity contribution in [2.24, 2.45) is 0 Å². The van der Waals surface area contributed by atoms with Crippen LogP contribution in [-0.2, 0) is 4.79 Å². The summed E-state index contributed by atoms with van der Waals surface area (Å²) in [5.41, 5.74) is -0.678. The Hall–Kier alpha value is -1.82. The topological polar surface area (TPSA) is 82.8 Å². The van der Waals surface area contributed by atoms with Gasteiger partial charge in [-0.2, -0.15) is 0 Å². The van der Waals surface area contributed by atoms with Gasteiger partial charge in [0.25, 0.3) is 5.91 Å². The number of nitrogens with one attached hydrogen (secondary N) is 1. The number of likely N-dealkylation sites (tertiary alicyclic amines) is 1. The Morgan fingerprint density at radius 1 is 1.43 bits per heavy atom. The first-order valence-electron chi connectivity index (χ1n) is 7.30. The molecule has 1 aliphatic rings. The maximum Gasteiger partial charge on any atom is 0.286 e. The first-order chi connectivity index (χ1) is 9.98. The van der Waals surface area contributed by atoms with E-state index in [1.807, 2.05) is 6.92 Å². The molecule has 0 aliphatic carbocycles. The van der Waals surface area contributed by atoms with Crippen LogP contribution in [0.4, 0.5) is 0 Å². The lowest BCUT2D eigenvalue weighted by atomic mass is 9.98. The van der Waals surface area contributed by atoms with Gasteiger partial charge in [0.1, 0.15) is 0 Å². The van der Waals surface area contributed by atoms with E-state index in [1.165, 1.54) is 6.26 Å². The number of aliphatic hydroxyl groups is 1. The Kier molecular flexibility index (Phi) is 5.01. The van der Waals surface area contributed by atoms with Crippen molar-refractivity contribution < 1.29 is 19.1 Å². The van der Waals surface area contributed by atoms with Gasteiger partial charge in [-0.1, -0.05) is 0 Å². The highest BCUT2D eigenvalue weighted by atomic mass is 16.3. The van der Waals surface area contributed by atoms with Gasteiger partial charge in [-0.25, -0.2) is 0 Å². The SMILES string of the molecule is CC1(O)CCCN(C(=O)CCNC(=O)c2ccco2)CC1. The van der Waals surface area contributed by atoms with Crippen LogP contribution in [0.15, 0.2) is 22.8 Å². The van der Waals surface area contributed by atoms with Gasteiger partial charge in [0.05, 0.1) is 11.9 Å². The zero-order valence-corrected chi connectivity index (χ0v) is 12.3. The summed E-state index contributed by atoms with van der Waals surface area (Å²) in [4.78, 5) is 25.5. The van der Waals surface area contributed by atoms with Crippen LogP contribution in [0.5, 0.6) is 0 Å². The molecule has 6 nitrogen and oxygen atoms in total.